The Bertz CT molecular complexity index is 1190. The predicted molar refractivity (Wildman–Crippen MR) is 159 cm³/mol. The van der Waals surface area contributed by atoms with Crippen LogP contribution in [0.5, 0.6) is 0 Å². The Kier molecular flexibility index (Phi) is 12.9. The predicted octanol–water partition coefficient (Wildman–Crippen LogP) is 4.66. The summed E-state index contributed by atoms with van der Waals surface area (Å²) in [5.74, 6) is -0.0933. The number of urea groups is 1. The molecule has 0 bridgehead atoms. The molecule has 0 spiro atoms. The number of carbonyl (C=O) groups is 2. The number of amides is 3. The molecule has 0 saturated carbocycles. The van der Waals surface area contributed by atoms with Gasteiger partial charge in [-0.25, -0.2) is 9.59 Å². The van der Waals surface area contributed by atoms with Crippen LogP contribution in [0.3, 0.4) is 0 Å². The summed E-state index contributed by atoms with van der Waals surface area (Å²) in [5, 5.41) is 17.0. The average molecular weight is 559 g/mol. The highest BCUT2D eigenvalue weighted by Crippen LogP contribution is 2.12. The molecule has 0 heterocycles. The number of ether oxygens (including phenoxy) is 1. The molecule has 0 aliphatic rings. The van der Waals surface area contributed by atoms with Gasteiger partial charge in [0.15, 0.2) is 0 Å². The Hall–Kier alpha value is -4.17. The lowest BCUT2D eigenvalue weighted by Crippen LogP contribution is -2.54. The summed E-state index contributed by atoms with van der Waals surface area (Å²) in [4.78, 5) is 39.2. The van der Waals surface area contributed by atoms with Gasteiger partial charge in [0.1, 0.15) is 6.61 Å². The lowest BCUT2D eigenvalue weighted by atomic mass is 10.00. The van der Waals surface area contributed by atoms with Gasteiger partial charge in [-0.05, 0) is 35.4 Å². The van der Waals surface area contributed by atoms with Crippen molar-refractivity contribution in [3.63, 3.8) is 0 Å². The number of aliphatic hydroxyl groups excluding tert-OH is 1. The minimum Gasteiger partial charge on any atom is -0.445 e. The first kappa shape index (κ1) is 31.4. The SMILES string of the molecule is CC[C@H](C)[C@@H]([C]=O)NC(=O)N(CCc1ccccc1)CC(O)C(Cc1ccccc1)NC(=O)OCc1ccccc1. The van der Waals surface area contributed by atoms with E-state index in [2.05, 4.69) is 10.6 Å². The van der Waals surface area contributed by atoms with Crippen molar-refractivity contribution in [3.8, 4) is 0 Å². The molecule has 3 amide bonds. The molecule has 41 heavy (non-hydrogen) atoms. The monoisotopic (exact) mass is 558 g/mol. The molecule has 0 aliphatic heterocycles. The minimum atomic E-state index is -1.12. The van der Waals surface area contributed by atoms with E-state index in [-0.39, 0.29) is 19.1 Å². The van der Waals surface area contributed by atoms with E-state index in [1.165, 1.54) is 4.90 Å². The molecule has 3 N–H and O–H groups in total. The number of benzene rings is 3. The van der Waals surface area contributed by atoms with Crippen molar-refractivity contribution in [2.75, 3.05) is 13.1 Å². The topological polar surface area (TPSA) is 108 Å². The second-order valence-corrected chi connectivity index (χ2v) is 10.2. The molecule has 1 radical (unpaired) electrons. The van der Waals surface area contributed by atoms with Crippen LogP contribution < -0.4 is 10.6 Å². The van der Waals surface area contributed by atoms with Crippen LogP contribution in [0.1, 0.15) is 37.0 Å². The number of hydrogen-bond donors (Lipinski definition) is 3. The van der Waals surface area contributed by atoms with E-state index >= 15 is 0 Å². The standard InChI is InChI=1S/C33H40N3O5/c1-3-25(2)30(23-37)34-32(39)36(20-19-26-13-7-4-8-14-26)22-31(38)29(21-27-15-9-5-10-16-27)35-33(40)41-24-28-17-11-6-12-18-28/h4-18,25,29-31,38H,3,19-22,24H2,1-2H3,(H,34,39)(H,35,40)/t25-,29?,30+,31?/m0/s1. The zero-order valence-electron chi connectivity index (χ0n) is 23.7. The molecular formula is C33H40N3O5. The van der Waals surface area contributed by atoms with Crippen LogP contribution in [0.2, 0.25) is 0 Å². The summed E-state index contributed by atoms with van der Waals surface area (Å²) in [7, 11) is 0. The largest absolute Gasteiger partial charge is 0.445 e. The number of nitrogens with zero attached hydrogens (tertiary/aromatic N) is 1. The number of aliphatic hydroxyl groups is 1. The van der Waals surface area contributed by atoms with Crippen molar-refractivity contribution >= 4 is 18.4 Å². The molecule has 8 nitrogen and oxygen atoms in total. The van der Waals surface area contributed by atoms with Gasteiger partial charge in [0.25, 0.3) is 0 Å². The van der Waals surface area contributed by atoms with Crippen molar-refractivity contribution in [3.05, 3.63) is 108 Å². The highest BCUT2D eigenvalue weighted by Gasteiger charge is 2.28. The molecule has 3 rings (SSSR count). The Morgan fingerprint density at radius 2 is 1.44 bits per heavy atom. The van der Waals surface area contributed by atoms with Crippen molar-refractivity contribution in [2.24, 2.45) is 5.92 Å². The third-order valence-electron chi connectivity index (χ3n) is 7.11. The van der Waals surface area contributed by atoms with Gasteiger partial charge in [0.2, 0.25) is 6.29 Å². The van der Waals surface area contributed by atoms with Crippen LogP contribution in [0.4, 0.5) is 9.59 Å². The highest BCUT2D eigenvalue weighted by molar-refractivity contribution is 5.78. The maximum atomic E-state index is 13.4. The third-order valence-corrected chi connectivity index (χ3v) is 7.11. The zero-order chi connectivity index (χ0) is 29.5. The smallest absolute Gasteiger partial charge is 0.407 e. The van der Waals surface area contributed by atoms with Crippen molar-refractivity contribution < 1.29 is 24.2 Å². The molecule has 8 heteroatoms. The molecule has 3 aromatic carbocycles. The normalized spacial score (nSPS) is 13.7. The van der Waals surface area contributed by atoms with Crippen LogP contribution in [-0.2, 0) is 29.0 Å². The van der Waals surface area contributed by atoms with Gasteiger partial charge in [-0.15, -0.1) is 0 Å². The van der Waals surface area contributed by atoms with Gasteiger partial charge in [-0.2, -0.15) is 0 Å². The molecule has 0 fully saturated rings. The number of alkyl carbamates (subject to hydrolysis) is 1. The molecular weight excluding hydrogens is 518 g/mol. The molecule has 3 aromatic rings. The molecule has 0 aliphatic carbocycles. The number of carbonyl (C=O) groups excluding carboxylic acids is 3. The quantitative estimate of drug-likeness (QED) is 0.251. The van der Waals surface area contributed by atoms with Crippen LogP contribution in [0.25, 0.3) is 0 Å². The van der Waals surface area contributed by atoms with Crippen LogP contribution in [0.15, 0.2) is 91.0 Å². The average Bonchev–Trinajstić information content (AvgIpc) is 3.01. The van der Waals surface area contributed by atoms with E-state index in [4.69, 9.17) is 4.74 Å². The van der Waals surface area contributed by atoms with E-state index in [1.54, 1.807) is 0 Å². The lowest BCUT2D eigenvalue weighted by Gasteiger charge is -2.31. The summed E-state index contributed by atoms with van der Waals surface area (Å²) in [6.45, 7) is 4.14. The van der Waals surface area contributed by atoms with Crippen LogP contribution >= 0.6 is 0 Å². The summed E-state index contributed by atoms with van der Waals surface area (Å²) < 4.78 is 5.41. The maximum absolute atomic E-state index is 13.4. The summed E-state index contributed by atoms with van der Waals surface area (Å²) in [6.07, 6.45) is 1.72. The Balaban J connectivity index is 1.75. The second-order valence-electron chi connectivity index (χ2n) is 10.2. The molecule has 217 valence electrons. The fourth-order valence-electron chi connectivity index (χ4n) is 4.35. The van der Waals surface area contributed by atoms with Gasteiger partial charge in [-0.1, -0.05) is 111 Å². The lowest BCUT2D eigenvalue weighted by molar-refractivity contribution is 0.0784. The van der Waals surface area contributed by atoms with Gasteiger partial charge in [0.05, 0.1) is 24.7 Å². The number of nitrogens with one attached hydrogen (secondary N) is 2. The van der Waals surface area contributed by atoms with Crippen molar-refractivity contribution in [1.29, 1.82) is 0 Å². The van der Waals surface area contributed by atoms with Gasteiger partial charge in [0, 0.05) is 6.54 Å². The summed E-state index contributed by atoms with van der Waals surface area (Å²) in [5.41, 5.74) is 2.78. The van der Waals surface area contributed by atoms with E-state index in [9.17, 15) is 19.5 Å². The Morgan fingerprint density at radius 1 is 0.878 bits per heavy atom. The van der Waals surface area contributed by atoms with Crippen molar-refractivity contribution in [2.45, 2.75) is 57.9 Å². The Morgan fingerprint density at radius 3 is 2.00 bits per heavy atom. The first-order valence-electron chi connectivity index (χ1n) is 14.1. The highest BCUT2D eigenvalue weighted by atomic mass is 16.5. The molecule has 4 atom stereocenters. The molecule has 0 saturated heterocycles. The fraction of sp³-hybridized carbons (Fsp3) is 0.364. The maximum Gasteiger partial charge on any atom is 0.407 e. The van der Waals surface area contributed by atoms with Gasteiger partial charge < -0.3 is 25.4 Å². The van der Waals surface area contributed by atoms with E-state index in [1.807, 2.05) is 111 Å². The second kappa shape index (κ2) is 16.8. The van der Waals surface area contributed by atoms with Crippen LogP contribution in [0, 0.1) is 5.92 Å². The van der Waals surface area contributed by atoms with E-state index in [0.717, 1.165) is 16.7 Å². The third kappa shape index (κ3) is 10.7. The summed E-state index contributed by atoms with van der Waals surface area (Å²) in [6, 6.07) is 26.5. The summed E-state index contributed by atoms with van der Waals surface area (Å²) >= 11 is 0. The molecule has 2 unspecified atom stereocenters. The van der Waals surface area contributed by atoms with Gasteiger partial charge in [-0.3, -0.25) is 4.79 Å². The molecule has 0 aromatic heterocycles. The fourth-order valence-corrected chi connectivity index (χ4v) is 4.35. The first-order valence-corrected chi connectivity index (χ1v) is 14.1. The Labute approximate surface area is 242 Å². The first-order chi connectivity index (χ1) is 19.9. The minimum absolute atomic E-state index is 0.0682. The number of rotatable bonds is 15. The van der Waals surface area contributed by atoms with Crippen LogP contribution in [-0.4, -0.2) is 59.7 Å². The van der Waals surface area contributed by atoms with E-state index < -0.39 is 30.3 Å². The number of hydrogen-bond acceptors (Lipinski definition) is 5. The van der Waals surface area contributed by atoms with Gasteiger partial charge >= 0.3 is 12.1 Å². The zero-order valence-corrected chi connectivity index (χ0v) is 23.7. The van der Waals surface area contributed by atoms with E-state index in [0.29, 0.717) is 25.8 Å². The van der Waals surface area contributed by atoms with Crippen molar-refractivity contribution in [1.82, 2.24) is 15.5 Å².